The van der Waals surface area contributed by atoms with E-state index in [1.54, 1.807) is 18.2 Å². The molecular formula is C22H20F2N6. The van der Waals surface area contributed by atoms with Gasteiger partial charge in [0.15, 0.2) is 5.82 Å². The third kappa shape index (κ3) is 3.61. The highest BCUT2D eigenvalue weighted by Gasteiger charge is 2.21. The van der Waals surface area contributed by atoms with Crippen molar-refractivity contribution in [2.75, 3.05) is 13.1 Å². The van der Waals surface area contributed by atoms with Gasteiger partial charge in [-0.15, -0.1) is 0 Å². The van der Waals surface area contributed by atoms with Crippen molar-refractivity contribution < 1.29 is 8.78 Å². The van der Waals surface area contributed by atoms with Crippen molar-refractivity contribution in [3.05, 3.63) is 65.1 Å². The average Bonchev–Trinajstić information content (AvgIpc) is 3.40. The zero-order valence-electron chi connectivity index (χ0n) is 16.1. The molecule has 152 valence electrons. The number of hydrogen-bond donors (Lipinski definition) is 3. The first-order valence-electron chi connectivity index (χ1n) is 9.92. The van der Waals surface area contributed by atoms with Crippen LogP contribution in [0.3, 0.4) is 0 Å². The average molecular weight is 406 g/mol. The molecule has 0 bridgehead atoms. The first-order valence-corrected chi connectivity index (χ1v) is 9.92. The van der Waals surface area contributed by atoms with Crippen LogP contribution in [-0.4, -0.2) is 38.5 Å². The molecule has 1 fully saturated rings. The summed E-state index contributed by atoms with van der Waals surface area (Å²) in [5.74, 6) is 0.763. The summed E-state index contributed by atoms with van der Waals surface area (Å²) in [7, 11) is 0. The van der Waals surface area contributed by atoms with Crippen LogP contribution in [0.2, 0.25) is 0 Å². The molecule has 1 aliphatic rings. The molecule has 0 aliphatic carbocycles. The van der Waals surface area contributed by atoms with Crippen molar-refractivity contribution in [3.8, 4) is 11.4 Å². The minimum atomic E-state index is -0.406. The quantitative estimate of drug-likeness (QED) is 0.473. The van der Waals surface area contributed by atoms with Crippen LogP contribution in [0.1, 0.15) is 35.8 Å². The summed E-state index contributed by atoms with van der Waals surface area (Å²) in [5, 5.41) is 18.5. The molecule has 5 rings (SSSR count). The molecular weight excluding hydrogens is 386 g/mol. The lowest BCUT2D eigenvalue weighted by molar-refractivity contribution is 0.446. The summed E-state index contributed by atoms with van der Waals surface area (Å²) in [5.41, 5.74) is 2.42. The molecule has 1 aliphatic heterocycles. The zero-order valence-corrected chi connectivity index (χ0v) is 16.1. The fourth-order valence-electron chi connectivity index (χ4n) is 3.78. The Labute approximate surface area is 171 Å². The van der Waals surface area contributed by atoms with Gasteiger partial charge >= 0.3 is 0 Å². The number of halogens is 2. The highest BCUT2D eigenvalue weighted by Crippen LogP contribution is 2.29. The highest BCUT2D eigenvalue weighted by atomic mass is 19.1. The number of rotatable bonds is 4. The van der Waals surface area contributed by atoms with Crippen LogP contribution in [0.4, 0.5) is 8.78 Å². The van der Waals surface area contributed by atoms with Gasteiger partial charge in [0.2, 0.25) is 0 Å². The summed E-state index contributed by atoms with van der Waals surface area (Å²) in [6.45, 7) is 1.89. The Hall–Kier alpha value is -3.39. The maximum atomic E-state index is 14.7. The number of H-pyrrole nitrogens is 2. The van der Waals surface area contributed by atoms with Gasteiger partial charge in [-0.1, -0.05) is 18.2 Å². The Morgan fingerprint density at radius 1 is 0.933 bits per heavy atom. The highest BCUT2D eigenvalue weighted by molar-refractivity contribution is 5.92. The summed E-state index contributed by atoms with van der Waals surface area (Å²) in [6.07, 6.45) is 5.61. The van der Waals surface area contributed by atoms with E-state index in [0.29, 0.717) is 28.5 Å². The smallest absolute Gasteiger partial charge is 0.184 e. The third-order valence-electron chi connectivity index (χ3n) is 5.45. The number of nitrogens with zero attached hydrogens (tertiary/aromatic N) is 3. The van der Waals surface area contributed by atoms with E-state index in [0.717, 1.165) is 42.7 Å². The number of aromatic nitrogens is 5. The van der Waals surface area contributed by atoms with Crippen molar-refractivity contribution in [3.63, 3.8) is 0 Å². The monoisotopic (exact) mass is 406 g/mol. The molecule has 3 heterocycles. The van der Waals surface area contributed by atoms with Gasteiger partial charge in [0.1, 0.15) is 17.5 Å². The zero-order chi connectivity index (χ0) is 20.5. The maximum absolute atomic E-state index is 14.7. The van der Waals surface area contributed by atoms with Crippen LogP contribution in [0.25, 0.3) is 34.4 Å². The van der Waals surface area contributed by atoms with Crippen LogP contribution >= 0.6 is 0 Å². The predicted molar refractivity (Wildman–Crippen MR) is 112 cm³/mol. The molecule has 0 spiro atoms. The molecule has 8 heteroatoms. The SMILES string of the molecule is Fc1ccc(/C=C/c2n[nH]c3cc(F)c(-c4n[nH]c(C5CCNCC5)n4)cc23)cc1. The Bertz CT molecular complexity index is 1200. The number of nitrogens with one attached hydrogen (secondary N) is 3. The molecule has 1 saturated heterocycles. The van der Waals surface area contributed by atoms with E-state index >= 15 is 0 Å². The Morgan fingerprint density at radius 2 is 1.73 bits per heavy atom. The summed E-state index contributed by atoms with van der Waals surface area (Å²) in [6, 6.07) is 9.29. The molecule has 3 N–H and O–H groups in total. The summed E-state index contributed by atoms with van der Waals surface area (Å²) in [4.78, 5) is 4.57. The Morgan fingerprint density at radius 3 is 2.53 bits per heavy atom. The lowest BCUT2D eigenvalue weighted by Crippen LogP contribution is -2.27. The summed E-state index contributed by atoms with van der Waals surface area (Å²) < 4.78 is 27.8. The van der Waals surface area contributed by atoms with Crippen LogP contribution in [0, 0.1) is 11.6 Å². The van der Waals surface area contributed by atoms with Crippen LogP contribution < -0.4 is 5.32 Å². The summed E-state index contributed by atoms with van der Waals surface area (Å²) >= 11 is 0. The van der Waals surface area contributed by atoms with Gasteiger partial charge < -0.3 is 5.32 Å². The molecule has 2 aromatic carbocycles. The normalized spacial score (nSPS) is 15.4. The van der Waals surface area contributed by atoms with E-state index in [4.69, 9.17) is 0 Å². The van der Waals surface area contributed by atoms with Gasteiger partial charge in [0, 0.05) is 17.4 Å². The molecule has 4 aromatic rings. The molecule has 30 heavy (non-hydrogen) atoms. The predicted octanol–water partition coefficient (Wildman–Crippen LogP) is 4.26. The van der Waals surface area contributed by atoms with Crippen molar-refractivity contribution in [2.24, 2.45) is 0 Å². The van der Waals surface area contributed by atoms with Gasteiger partial charge in [0.05, 0.1) is 16.8 Å². The molecule has 0 atom stereocenters. The van der Waals surface area contributed by atoms with Crippen LogP contribution in [0.5, 0.6) is 0 Å². The van der Waals surface area contributed by atoms with Crippen LogP contribution in [0.15, 0.2) is 36.4 Å². The number of fused-ring (bicyclic) bond motifs is 1. The minimum Gasteiger partial charge on any atom is -0.317 e. The van der Waals surface area contributed by atoms with Gasteiger partial charge in [0.25, 0.3) is 0 Å². The van der Waals surface area contributed by atoms with E-state index in [9.17, 15) is 8.78 Å². The van der Waals surface area contributed by atoms with Crippen molar-refractivity contribution in [1.29, 1.82) is 0 Å². The van der Waals surface area contributed by atoms with E-state index in [-0.39, 0.29) is 5.82 Å². The van der Waals surface area contributed by atoms with Crippen molar-refractivity contribution >= 4 is 23.1 Å². The first kappa shape index (κ1) is 18.6. The first-order chi connectivity index (χ1) is 14.7. The number of aromatic amines is 2. The molecule has 0 saturated carbocycles. The van der Waals surface area contributed by atoms with E-state index < -0.39 is 5.82 Å². The lowest BCUT2D eigenvalue weighted by Gasteiger charge is -2.19. The molecule has 6 nitrogen and oxygen atoms in total. The second kappa shape index (κ2) is 7.79. The molecule has 0 amide bonds. The number of benzene rings is 2. The second-order valence-corrected chi connectivity index (χ2v) is 7.44. The Kier molecular flexibility index (Phi) is 4.84. The van der Waals surface area contributed by atoms with Gasteiger partial charge in [-0.25, -0.2) is 13.8 Å². The second-order valence-electron chi connectivity index (χ2n) is 7.44. The third-order valence-corrected chi connectivity index (χ3v) is 5.45. The molecule has 0 unspecified atom stereocenters. The minimum absolute atomic E-state index is 0.284. The van der Waals surface area contributed by atoms with Crippen molar-refractivity contribution in [1.82, 2.24) is 30.7 Å². The van der Waals surface area contributed by atoms with Gasteiger partial charge in [-0.3, -0.25) is 10.2 Å². The number of hydrogen-bond acceptors (Lipinski definition) is 4. The number of piperidine rings is 1. The fourth-order valence-corrected chi connectivity index (χ4v) is 3.78. The van der Waals surface area contributed by atoms with Crippen LogP contribution in [-0.2, 0) is 0 Å². The maximum Gasteiger partial charge on any atom is 0.184 e. The largest absolute Gasteiger partial charge is 0.317 e. The molecule has 2 aromatic heterocycles. The van der Waals surface area contributed by atoms with Crippen molar-refractivity contribution in [2.45, 2.75) is 18.8 Å². The lowest BCUT2D eigenvalue weighted by atomic mass is 9.98. The standard InChI is InChI=1S/C22H20F2N6/c23-15-4-1-13(2-5-15)3-6-19-17-11-16(18(24)12-20(17)28-27-19)22-26-21(29-30-22)14-7-9-25-10-8-14/h1-6,11-12,14,25H,7-10H2,(H,27,28)(H,26,29,30)/b6-3+. The van der Waals surface area contributed by atoms with Gasteiger partial charge in [-0.2, -0.15) is 10.2 Å². The van der Waals surface area contributed by atoms with E-state index in [1.807, 2.05) is 12.2 Å². The topological polar surface area (TPSA) is 82.3 Å². The Balaban J connectivity index is 1.47. The fraction of sp³-hybridized carbons (Fsp3) is 0.227. The van der Waals surface area contributed by atoms with Gasteiger partial charge in [-0.05, 0) is 55.8 Å². The van der Waals surface area contributed by atoms with E-state index in [2.05, 4.69) is 30.7 Å². The van der Waals surface area contributed by atoms with E-state index in [1.165, 1.54) is 18.2 Å². The molecule has 0 radical (unpaired) electrons.